The maximum atomic E-state index is 9.59. The molecule has 0 aliphatic carbocycles. The first-order valence-electron chi connectivity index (χ1n) is 5.03. The van der Waals surface area contributed by atoms with Crippen molar-refractivity contribution in [2.45, 2.75) is 0 Å². The van der Waals surface area contributed by atoms with Gasteiger partial charge in [0.15, 0.2) is 23.0 Å². The van der Waals surface area contributed by atoms with Crippen LogP contribution in [0.1, 0.15) is 0 Å². The van der Waals surface area contributed by atoms with Gasteiger partial charge in [-0.3, -0.25) is 0 Å². The summed E-state index contributed by atoms with van der Waals surface area (Å²) >= 11 is 0. The summed E-state index contributed by atoms with van der Waals surface area (Å²) in [5.41, 5.74) is 0. The number of para-hydroxylation sites is 2. The first-order valence-corrected chi connectivity index (χ1v) is 5.03. The van der Waals surface area contributed by atoms with Gasteiger partial charge in [-0.1, -0.05) is 12.1 Å². The Morgan fingerprint density at radius 1 is 0.882 bits per heavy atom. The molecule has 17 heavy (non-hydrogen) atoms. The van der Waals surface area contributed by atoms with Gasteiger partial charge in [0, 0.05) is 6.07 Å². The van der Waals surface area contributed by atoms with Crippen LogP contribution in [0.5, 0.6) is 28.7 Å². The SMILES string of the molecule is COc1ccccc1Oc1ccc(O)cc1O. The number of ether oxygens (including phenoxy) is 2. The average molecular weight is 232 g/mol. The number of benzene rings is 2. The summed E-state index contributed by atoms with van der Waals surface area (Å²) in [5.74, 6) is 1.18. The third-order valence-corrected chi connectivity index (χ3v) is 2.23. The van der Waals surface area contributed by atoms with Crippen molar-refractivity contribution in [2.75, 3.05) is 7.11 Å². The van der Waals surface area contributed by atoms with E-state index in [1.54, 1.807) is 25.3 Å². The van der Waals surface area contributed by atoms with Gasteiger partial charge in [-0.2, -0.15) is 0 Å². The highest BCUT2D eigenvalue weighted by atomic mass is 16.5. The van der Waals surface area contributed by atoms with Gasteiger partial charge in [-0.15, -0.1) is 0 Å². The molecule has 0 saturated carbocycles. The van der Waals surface area contributed by atoms with E-state index < -0.39 is 0 Å². The van der Waals surface area contributed by atoms with Crippen LogP contribution in [0.3, 0.4) is 0 Å². The predicted octanol–water partition coefficient (Wildman–Crippen LogP) is 2.90. The normalized spacial score (nSPS) is 9.94. The number of rotatable bonds is 3. The highest BCUT2D eigenvalue weighted by molar-refractivity contribution is 5.49. The van der Waals surface area contributed by atoms with Crippen LogP contribution < -0.4 is 9.47 Å². The minimum Gasteiger partial charge on any atom is -0.508 e. The summed E-state index contributed by atoms with van der Waals surface area (Å²) in [6, 6.07) is 11.2. The van der Waals surface area contributed by atoms with Crippen LogP contribution in [0.15, 0.2) is 42.5 Å². The third kappa shape index (κ3) is 2.42. The zero-order chi connectivity index (χ0) is 12.3. The smallest absolute Gasteiger partial charge is 0.169 e. The largest absolute Gasteiger partial charge is 0.508 e. The van der Waals surface area contributed by atoms with Gasteiger partial charge in [0.25, 0.3) is 0 Å². The van der Waals surface area contributed by atoms with Crippen molar-refractivity contribution >= 4 is 0 Å². The van der Waals surface area contributed by atoms with Crippen molar-refractivity contribution in [1.29, 1.82) is 0 Å². The van der Waals surface area contributed by atoms with Gasteiger partial charge < -0.3 is 19.7 Å². The van der Waals surface area contributed by atoms with Gasteiger partial charge >= 0.3 is 0 Å². The number of phenols is 2. The fourth-order valence-corrected chi connectivity index (χ4v) is 1.41. The molecule has 0 fully saturated rings. The van der Waals surface area contributed by atoms with E-state index in [9.17, 15) is 5.11 Å². The van der Waals surface area contributed by atoms with E-state index >= 15 is 0 Å². The molecule has 0 aliphatic rings. The van der Waals surface area contributed by atoms with E-state index in [0.29, 0.717) is 11.5 Å². The average Bonchev–Trinajstić information content (AvgIpc) is 2.33. The molecule has 4 heteroatoms. The molecule has 0 amide bonds. The van der Waals surface area contributed by atoms with Crippen LogP contribution in [0.25, 0.3) is 0 Å². The number of methoxy groups -OCH3 is 1. The molecule has 0 saturated heterocycles. The van der Waals surface area contributed by atoms with Crippen LogP contribution in [-0.2, 0) is 0 Å². The van der Waals surface area contributed by atoms with E-state index in [1.165, 1.54) is 18.2 Å². The van der Waals surface area contributed by atoms with Gasteiger partial charge in [-0.25, -0.2) is 0 Å². The predicted molar refractivity (Wildman–Crippen MR) is 62.8 cm³/mol. The first-order chi connectivity index (χ1) is 8.20. The topological polar surface area (TPSA) is 58.9 Å². The van der Waals surface area contributed by atoms with Gasteiger partial charge in [0.2, 0.25) is 0 Å². The van der Waals surface area contributed by atoms with E-state index in [0.717, 1.165) is 0 Å². The number of hydrogen-bond donors (Lipinski definition) is 2. The maximum Gasteiger partial charge on any atom is 0.169 e. The van der Waals surface area contributed by atoms with Crippen molar-refractivity contribution < 1.29 is 19.7 Å². The molecule has 2 N–H and O–H groups in total. The van der Waals surface area contributed by atoms with Crippen LogP contribution in [0, 0.1) is 0 Å². The van der Waals surface area contributed by atoms with Crippen molar-refractivity contribution in [3.05, 3.63) is 42.5 Å². The zero-order valence-electron chi connectivity index (χ0n) is 9.25. The molecule has 0 unspecified atom stereocenters. The fraction of sp³-hybridized carbons (Fsp3) is 0.0769. The second-order valence-electron chi connectivity index (χ2n) is 3.40. The molecule has 0 radical (unpaired) electrons. The molecule has 4 nitrogen and oxygen atoms in total. The minimum absolute atomic E-state index is 0.0186. The van der Waals surface area contributed by atoms with Crippen LogP contribution >= 0.6 is 0 Å². The molecule has 0 aromatic heterocycles. The number of phenolic OH excluding ortho intramolecular Hbond substituents is 2. The molecule has 88 valence electrons. The Balaban J connectivity index is 2.31. The zero-order valence-corrected chi connectivity index (χ0v) is 9.25. The van der Waals surface area contributed by atoms with Crippen LogP contribution in [0.2, 0.25) is 0 Å². The molecule has 0 bridgehead atoms. The lowest BCUT2D eigenvalue weighted by Gasteiger charge is -2.10. The van der Waals surface area contributed by atoms with E-state index in [-0.39, 0.29) is 17.2 Å². The Hall–Kier alpha value is -2.36. The van der Waals surface area contributed by atoms with Crippen LogP contribution in [0.4, 0.5) is 0 Å². The van der Waals surface area contributed by atoms with Crippen molar-refractivity contribution in [1.82, 2.24) is 0 Å². The monoisotopic (exact) mass is 232 g/mol. The number of hydrogen-bond acceptors (Lipinski definition) is 4. The Morgan fingerprint density at radius 3 is 2.24 bits per heavy atom. The fourth-order valence-electron chi connectivity index (χ4n) is 1.41. The summed E-state index contributed by atoms with van der Waals surface area (Å²) in [7, 11) is 1.54. The minimum atomic E-state index is -0.129. The summed E-state index contributed by atoms with van der Waals surface area (Å²) in [4.78, 5) is 0. The third-order valence-electron chi connectivity index (χ3n) is 2.23. The first kappa shape index (κ1) is 11.1. The Bertz CT molecular complexity index is 523. The maximum absolute atomic E-state index is 9.59. The molecule has 2 aromatic rings. The lowest BCUT2D eigenvalue weighted by Crippen LogP contribution is -1.89. The summed E-state index contributed by atoms with van der Waals surface area (Å²) in [6.45, 7) is 0. The van der Waals surface area contributed by atoms with Crippen LogP contribution in [-0.4, -0.2) is 17.3 Å². The Labute approximate surface area is 98.7 Å². The highest BCUT2D eigenvalue weighted by Crippen LogP contribution is 2.36. The second-order valence-corrected chi connectivity index (χ2v) is 3.40. The Kier molecular flexibility index (Phi) is 3.05. The lowest BCUT2D eigenvalue weighted by molar-refractivity contribution is 0.365. The summed E-state index contributed by atoms with van der Waals surface area (Å²) in [6.07, 6.45) is 0. The highest BCUT2D eigenvalue weighted by Gasteiger charge is 2.08. The Morgan fingerprint density at radius 2 is 1.59 bits per heavy atom. The molecular weight excluding hydrogens is 220 g/mol. The van der Waals surface area contributed by atoms with Gasteiger partial charge in [0.05, 0.1) is 7.11 Å². The molecular formula is C13H12O4. The van der Waals surface area contributed by atoms with Crippen molar-refractivity contribution in [2.24, 2.45) is 0 Å². The molecule has 0 atom stereocenters. The number of aromatic hydroxyl groups is 2. The lowest BCUT2D eigenvalue weighted by atomic mass is 10.3. The quantitative estimate of drug-likeness (QED) is 0.854. The summed E-state index contributed by atoms with van der Waals surface area (Å²) < 4.78 is 10.6. The van der Waals surface area contributed by atoms with E-state index in [2.05, 4.69) is 0 Å². The standard InChI is InChI=1S/C13H12O4/c1-16-12-4-2-3-5-13(12)17-11-7-6-9(14)8-10(11)15/h2-8,14-15H,1H3. The van der Waals surface area contributed by atoms with E-state index in [1.807, 2.05) is 6.07 Å². The van der Waals surface area contributed by atoms with Crippen molar-refractivity contribution in [3.8, 4) is 28.7 Å². The van der Waals surface area contributed by atoms with Crippen molar-refractivity contribution in [3.63, 3.8) is 0 Å². The van der Waals surface area contributed by atoms with Gasteiger partial charge in [-0.05, 0) is 24.3 Å². The second kappa shape index (κ2) is 4.65. The molecule has 2 aromatic carbocycles. The molecule has 0 heterocycles. The molecule has 0 aliphatic heterocycles. The molecule has 2 rings (SSSR count). The van der Waals surface area contributed by atoms with Gasteiger partial charge in [0.1, 0.15) is 5.75 Å². The molecule has 0 spiro atoms. The van der Waals surface area contributed by atoms with E-state index in [4.69, 9.17) is 14.6 Å². The summed E-state index contributed by atoms with van der Waals surface area (Å²) in [5, 5.41) is 18.8.